The number of carbonyl (C=O) groups is 1. The number of aromatic nitrogens is 3. The van der Waals surface area contributed by atoms with Gasteiger partial charge in [0, 0.05) is 55.3 Å². The van der Waals surface area contributed by atoms with Gasteiger partial charge in [-0.3, -0.25) is 9.69 Å². The maximum atomic E-state index is 12.6. The van der Waals surface area contributed by atoms with Gasteiger partial charge in [-0.2, -0.15) is 4.98 Å². The zero-order valence-electron chi connectivity index (χ0n) is 16.2. The third kappa shape index (κ3) is 3.85. The number of amides is 1. The molecule has 0 unspecified atom stereocenters. The molecule has 1 amide bonds. The summed E-state index contributed by atoms with van der Waals surface area (Å²) < 4.78 is 10.2. The number of carbonyl (C=O) groups excluding carboxylic acids is 1. The number of hydrogen-bond acceptors (Lipinski definition) is 8. The van der Waals surface area contributed by atoms with Crippen molar-refractivity contribution in [1.82, 2.24) is 25.5 Å². The predicted molar refractivity (Wildman–Crippen MR) is 103 cm³/mol. The number of aryl methyl sites for hydroxylation is 3. The summed E-state index contributed by atoms with van der Waals surface area (Å²) in [6.07, 6.45) is 1.43. The molecule has 0 radical (unpaired) electrons. The highest BCUT2D eigenvalue weighted by Gasteiger charge is 2.25. The molecule has 0 atom stereocenters. The van der Waals surface area contributed by atoms with Gasteiger partial charge in [0.1, 0.15) is 5.76 Å². The van der Waals surface area contributed by atoms with E-state index >= 15 is 0 Å². The van der Waals surface area contributed by atoms with Crippen molar-refractivity contribution < 1.29 is 13.8 Å². The van der Waals surface area contributed by atoms with Crippen LogP contribution in [0.5, 0.6) is 0 Å². The molecule has 0 fully saturated rings. The summed E-state index contributed by atoms with van der Waals surface area (Å²) in [6.45, 7) is 8.75. The van der Waals surface area contributed by atoms with Gasteiger partial charge in [-0.15, -0.1) is 11.3 Å². The maximum absolute atomic E-state index is 12.6. The molecule has 0 bridgehead atoms. The Bertz CT molecular complexity index is 970. The molecule has 0 saturated heterocycles. The number of hydrogen-bond donors (Lipinski definition) is 1. The van der Waals surface area contributed by atoms with E-state index in [0.29, 0.717) is 24.7 Å². The summed E-state index contributed by atoms with van der Waals surface area (Å²) in [7, 11) is 0. The number of nitrogens with one attached hydrogen (secondary N) is 1. The summed E-state index contributed by atoms with van der Waals surface area (Å²) in [4.78, 5) is 20.4. The predicted octanol–water partition coefficient (Wildman–Crippen LogP) is 2.58. The van der Waals surface area contributed by atoms with E-state index in [2.05, 4.69) is 25.5 Å². The molecule has 0 saturated carbocycles. The van der Waals surface area contributed by atoms with Gasteiger partial charge in [0.15, 0.2) is 5.82 Å². The van der Waals surface area contributed by atoms with Crippen LogP contribution in [0.15, 0.2) is 14.4 Å². The number of thiophene rings is 1. The van der Waals surface area contributed by atoms with Crippen LogP contribution in [-0.2, 0) is 25.9 Å². The van der Waals surface area contributed by atoms with Crippen LogP contribution in [-0.4, -0.2) is 39.2 Å². The Labute approximate surface area is 166 Å². The van der Waals surface area contributed by atoms with E-state index < -0.39 is 0 Å². The van der Waals surface area contributed by atoms with E-state index in [1.165, 1.54) is 10.4 Å². The minimum Gasteiger partial charge on any atom is -0.361 e. The number of nitrogens with zero attached hydrogens (tertiary/aromatic N) is 4. The van der Waals surface area contributed by atoms with E-state index in [-0.39, 0.29) is 5.91 Å². The average Bonchev–Trinajstić information content (AvgIpc) is 3.36. The Morgan fingerprint density at radius 3 is 2.86 bits per heavy atom. The van der Waals surface area contributed by atoms with E-state index in [9.17, 15) is 4.79 Å². The van der Waals surface area contributed by atoms with E-state index in [1.807, 2.05) is 19.2 Å². The largest absolute Gasteiger partial charge is 0.361 e. The quantitative estimate of drug-likeness (QED) is 0.678. The van der Waals surface area contributed by atoms with Crippen LogP contribution in [0.3, 0.4) is 0 Å². The highest BCUT2D eigenvalue weighted by molar-refractivity contribution is 7.10. The monoisotopic (exact) mass is 401 g/mol. The Morgan fingerprint density at radius 1 is 1.29 bits per heavy atom. The molecule has 1 aliphatic heterocycles. The minimum atomic E-state index is -0.0307. The number of rotatable bonds is 6. The summed E-state index contributed by atoms with van der Waals surface area (Å²) >= 11 is 1.66. The van der Waals surface area contributed by atoms with Crippen molar-refractivity contribution in [1.29, 1.82) is 0 Å². The molecule has 3 aromatic heterocycles. The van der Waals surface area contributed by atoms with Crippen LogP contribution < -0.4 is 5.32 Å². The molecule has 1 aliphatic rings. The van der Waals surface area contributed by atoms with Gasteiger partial charge in [-0.25, -0.2) is 0 Å². The SMILES string of the molecule is Cc1nc(CCNC(=O)c2csc3c2CCN(Cc2c(C)noc2C)C3)no1. The first kappa shape index (κ1) is 18.8. The second-order valence-corrected chi connectivity index (χ2v) is 8.01. The lowest BCUT2D eigenvalue weighted by Crippen LogP contribution is -2.31. The van der Waals surface area contributed by atoms with Crippen LogP contribution in [0.4, 0.5) is 0 Å². The van der Waals surface area contributed by atoms with Crippen molar-refractivity contribution in [3.05, 3.63) is 50.1 Å². The van der Waals surface area contributed by atoms with Crippen molar-refractivity contribution in [3.8, 4) is 0 Å². The molecule has 0 aromatic carbocycles. The van der Waals surface area contributed by atoms with Crippen molar-refractivity contribution in [2.75, 3.05) is 13.1 Å². The van der Waals surface area contributed by atoms with Crippen molar-refractivity contribution in [3.63, 3.8) is 0 Å². The fourth-order valence-electron chi connectivity index (χ4n) is 3.48. The zero-order chi connectivity index (χ0) is 19.7. The molecular weight excluding hydrogens is 378 g/mol. The fourth-order valence-corrected chi connectivity index (χ4v) is 4.60. The Morgan fingerprint density at radius 2 is 2.14 bits per heavy atom. The maximum Gasteiger partial charge on any atom is 0.252 e. The van der Waals surface area contributed by atoms with Gasteiger partial charge < -0.3 is 14.4 Å². The molecule has 0 aliphatic carbocycles. The van der Waals surface area contributed by atoms with Crippen LogP contribution in [0.25, 0.3) is 0 Å². The smallest absolute Gasteiger partial charge is 0.252 e. The molecular formula is C19H23N5O3S. The minimum absolute atomic E-state index is 0.0307. The normalized spacial score (nSPS) is 14.2. The van der Waals surface area contributed by atoms with Gasteiger partial charge in [0.2, 0.25) is 5.89 Å². The highest BCUT2D eigenvalue weighted by Crippen LogP contribution is 2.30. The van der Waals surface area contributed by atoms with E-state index in [0.717, 1.165) is 48.6 Å². The molecule has 28 heavy (non-hydrogen) atoms. The van der Waals surface area contributed by atoms with Crippen molar-refractivity contribution in [2.45, 2.75) is 46.7 Å². The molecule has 3 aromatic rings. The Kier molecular flexibility index (Phi) is 5.27. The molecule has 8 nitrogen and oxygen atoms in total. The summed E-state index contributed by atoms with van der Waals surface area (Å²) in [5.41, 5.74) is 4.08. The Balaban J connectivity index is 1.36. The summed E-state index contributed by atoms with van der Waals surface area (Å²) in [6, 6.07) is 0. The molecule has 1 N–H and O–H groups in total. The first-order valence-electron chi connectivity index (χ1n) is 9.32. The van der Waals surface area contributed by atoms with Gasteiger partial charge in [-0.05, 0) is 25.8 Å². The number of fused-ring (bicyclic) bond motifs is 1. The fraction of sp³-hybridized carbons (Fsp3) is 0.474. The molecule has 4 heterocycles. The van der Waals surface area contributed by atoms with E-state index in [4.69, 9.17) is 9.05 Å². The van der Waals surface area contributed by atoms with Crippen LogP contribution in [0, 0.1) is 20.8 Å². The standard InChI is InChI=1S/C19H23N5O3S/c1-11-15(12(2)26-22-11)8-24-7-5-14-16(10-28-17(14)9-24)19(25)20-6-4-18-21-13(3)27-23-18/h10H,4-9H2,1-3H3,(H,20,25). The molecule has 9 heteroatoms. The first-order valence-corrected chi connectivity index (χ1v) is 10.2. The Hall–Kier alpha value is -2.52. The van der Waals surface area contributed by atoms with Gasteiger partial charge in [-0.1, -0.05) is 10.3 Å². The van der Waals surface area contributed by atoms with Crippen molar-refractivity contribution in [2.24, 2.45) is 0 Å². The summed E-state index contributed by atoms with van der Waals surface area (Å²) in [5, 5.41) is 12.8. The van der Waals surface area contributed by atoms with Gasteiger partial charge in [0.25, 0.3) is 5.91 Å². The molecule has 0 spiro atoms. The lowest BCUT2D eigenvalue weighted by Gasteiger charge is -2.27. The molecule has 148 valence electrons. The zero-order valence-corrected chi connectivity index (χ0v) is 17.1. The van der Waals surface area contributed by atoms with Gasteiger partial charge in [0.05, 0.1) is 11.3 Å². The summed E-state index contributed by atoms with van der Waals surface area (Å²) in [5.74, 6) is 2.00. The second kappa shape index (κ2) is 7.84. The van der Waals surface area contributed by atoms with Crippen molar-refractivity contribution >= 4 is 17.2 Å². The topological polar surface area (TPSA) is 97.3 Å². The van der Waals surface area contributed by atoms with Crippen LogP contribution in [0.2, 0.25) is 0 Å². The first-order chi connectivity index (χ1) is 13.5. The van der Waals surface area contributed by atoms with Crippen LogP contribution >= 0.6 is 11.3 Å². The third-order valence-electron chi connectivity index (χ3n) is 5.04. The third-order valence-corrected chi connectivity index (χ3v) is 6.05. The molecule has 4 rings (SSSR count). The second-order valence-electron chi connectivity index (χ2n) is 7.05. The highest BCUT2D eigenvalue weighted by atomic mass is 32.1. The average molecular weight is 401 g/mol. The lowest BCUT2D eigenvalue weighted by molar-refractivity contribution is 0.0952. The van der Waals surface area contributed by atoms with Gasteiger partial charge >= 0.3 is 0 Å². The van der Waals surface area contributed by atoms with Crippen LogP contribution in [0.1, 0.15) is 49.5 Å². The lowest BCUT2D eigenvalue weighted by atomic mass is 10.0. The van der Waals surface area contributed by atoms with E-state index in [1.54, 1.807) is 18.3 Å².